The third kappa shape index (κ3) is 3.92. The zero-order chi connectivity index (χ0) is 21.4. The average molecular weight is 417 g/mol. The monoisotopic (exact) mass is 417 g/mol. The standard InChI is InChI=1S/C17H16F5N5O2/c1-27-7-6-24-15(27)16(29,17(20,21)22)4-5-23-14(28)9-2-3-10-11(8-9)26-13(25-10)12(18)19/h2-3,6-8,12,29H,4-5H2,1H3,(H,23,28)(H,25,26). The van der Waals surface area contributed by atoms with Crippen LogP contribution in [0.5, 0.6) is 0 Å². The number of aryl methyl sites for hydroxylation is 1. The fourth-order valence-corrected chi connectivity index (χ4v) is 2.88. The van der Waals surface area contributed by atoms with E-state index in [4.69, 9.17) is 0 Å². The van der Waals surface area contributed by atoms with Crippen molar-refractivity contribution in [2.75, 3.05) is 6.54 Å². The summed E-state index contributed by atoms with van der Waals surface area (Å²) in [4.78, 5) is 21.9. The van der Waals surface area contributed by atoms with E-state index in [1.165, 1.54) is 31.4 Å². The molecular formula is C17H16F5N5O2. The Bertz CT molecular complexity index is 1030. The molecule has 2 aromatic heterocycles. The van der Waals surface area contributed by atoms with Gasteiger partial charge >= 0.3 is 6.18 Å². The van der Waals surface area contributed by atoms with E-state index in [2.05, 4.69) is 20.3 Å². The minimum absolute atomic E-state index is 0.0366. The molecule has 12 heteroatoms. The Morgan fingerprint density at radius 1 is 1.34 bits per heavy atom. The zero-order valence-electron chi connectivity index (χ0n) is 15.0. The molecule has 0 saturated carbocycles. The summed E-state index contributed by atoms with van der Waals surface area (Å²) in [6.07, 6.45) is -6.31. The van der Waals surface area contributed by atoms with Crippen molar-refractivity contribution in [2.45, 2.75) is 24.6 Å². The number of alkyl halides is 5. The fraction of sp³-hybridized carbons (Fsp3) is 0.353. The van der Waals surface area contributed by atoms with Crippen LogP contribution in [0.25, 0.3) is 11.0 Å². The van der Waals surface area contributed by atoms with Gasteiger partial charge in [-0.1, -0.05) is 0 Å². The van der Waals surface area contributed by atoms with Crippen LogP contribution in [0.3, 0.4) is 0 Å². The normalized spacial score (nSPS) is 14.3. The molecule has 0 saturated heterocycles. The largest absolute Gasteiger partial charge is 0.424 e. The zero-order valence-corrected chi connectivity index (χ0v) is 15.0. The van der Waals surface area contributed by atoms with Crippen LogP contribution in [0.4, 0.5) is 22.0 Å². The van der Waals surface area contributed by atoms with E-state index in [-0.39, 0.29) is 16.6 Å². The van der Waals surface area contributed by atoms with Crippen LogP contribution in [-0.2, 0) is 12.6 Å². The average Bonchev–Trinajstić information content (AvgIpc) is 3.26. The van der Waals surface area contributed by atoms with E-state index < -0.39 is 48.7 Å². The first-order chi connectivity index (χ1) is 13.5. The highest BCUT2D eigenvalue weighted by Gasteiger charge is 2.57. The Kier molecular flexibility index (Phi) is 5.30. The van der Waals surface area contributed by atoms with E-state index in [1.54, 1.807) is 0 Å². The van der Waals surface area contributed by atoms with Crippen molar-refractivity contribution in [3.8, 4) is 0 Å². The molecule has 2 heterocycles. The molecule has 1 amide bonds. The molecule has 0 aliphatic heterocycles. The van der Waals surface area contributed by atoms with Crippen LogP contribution in [0, 0.1) is 0 Å². The van der Waals surface area contributed by atoms with Crippen LogP contribution in [0.1, 0.15) is 34.9 Å². The maximum Gasteiger partial charge on any atom is 0.424 e. The van der Waals surface area contributed by atoms with Crippen LogP contribution in [-0.4, -0.2) is 43.3 Å². The molecule has 0 spiro atoms. The number of carbonyl (C=O) groups is 1. The van der Waals surface area contributed by atoms with E-state index in [0.717, 1.165) is 10.8 Å². The number of hydrogen-bond donors (Lipinski definition) is 3. The second-order valence-electron chi connectivity index (χ2n) is 6.38. The summed E-state index contributed by atoms with van der Waals surface area (Å²) in [6.45, 7) is -0.509. The fourth-order valence-electron chi connectivity index (χ4n) is 2.88. The lowest BCUT2D eigenvalue weighted by Gasteiger charge is -2.29. The summed E-state index contributed by atoms with van der Waals surface area (Å²) in [5.41, 5.74) is -2.81. The number of amides is 1. The van der Waals surface area contributed by atoms with E-state index >= 15 is 0 Å². The first kappa shape index (κ1) is 20.7. The minimum atomic E-state index is -5.02. The first-order valence-electron chi connectivity index (χ1n) is 8.36. The van der Waals surface area contributed by atoms with Crippen molar-refractivity contribution in [3.63, 3.8) is 0 Å². The second-order valence-corrected chi connectivity index (χ2v) is 6.38. The molecule has 29 heavy (non-hydrogen) atoms. The lowest BCUT2D eigenvalue weighted by atomic mass is 9.97. The predicted octanol–water partition coefficient (Wildman–Crippen LogP) is 2.80. The predicted molar refractivity (Wildman–Crippen MR) is 91.2 cm³/mol. The third-order valence-electron chi connectivity index (χ3n) is 4.40. The molecule has 0 radical (unpaired) electrons. The van der Waals surface area contributed by atoms with E-state index in [0.29, 0.717) is 0 Å². The molecule has 1 unspecified atom stereocenters. The summed E-state index contributed by atoms with van der Waals surface area (Å²) in [7, 11) is 1.31. The van der Waals surface area contributed by atoms with Gasteiger partial charge in [-0.2, -0.15) is 13.2 Å². The molecule has 3 aromatic rings. The highest BCUT2D eigenvalue weighted by atomic mass is 19.4. The number of H-pyrrole nitrogens is 1. The van der Waals surface area contributed by atoms with Crippen molar-refractivity contribution < 1.29 is 31.9 Å². The Morgan fingerprint density at radius 3 is 2.66 bits per heavy atom. The molecule has 156 valence electrons. The summed E-state index contributed by atoms with van der Waals surface area (Å²) in [5.74, 6) is -1.88. The number of rotatable bonds is 6. The van der Waals surface area contributed by atoms with E-state index in [9.17, 15) is 31.9 Å². The van der Waals surface area contributed by atoms with Gasteiger partial charge in [0.15, 0.2) is 5.82 Å². The quantitative estimate of drug-likeness (QED) is 0.538. The number of carbonyl (C=O) groups excluding carboxylic acids is 1. The number of imidazole rings is 2. The van der Waals surface area contributed by atoms with Crippen molar-refractivity contribution in [2.24, 2.45) is 7.05 Å². The molecule has 0 aliphatic carbocycles. The van der Waals surface area contributed by atoms with Crippen molar-refractivity contribution in [3.05, 3.63) is 47.8 Å². The topological polar surface area (TPSA) is 95.8 Å². The minimum Gasteiger partial charge on any atom is -0.374 e. The number of hydrogen-bond acceptors (Lipinski definition) is 4. The summed E-state index contributed by atoms with van der Waals surface area (Å²) < 4.78 is 66.8. The Labute approximate surface area is 160 Å². The molecule has 0 bridgehead atoms. The molecule has 7 nitrogen and oxygen atoms in total. The Balaban J connectivity index is 1.72. The van der Waals surface area contributed by atoms with Gasteiger partial charge in [0.05, 0.1) is 11.0 Å². The lowest BCUT2D eigenvalue weighted by Crippen LogP contribution is -2.46. The number of aliphatic hydroxyl groups is 1. The summed E-state index contributed by atoms with van der Waals surface area (Å²) >= 11 is 0. The number of nitrogens with zero attached hydrogens (tertiary/aromatic N) is 3. The van der Waals surface area contributed by atoms with Gasteiger partial charge in [0, 0.05) is 38.0 Å². The first-order valence-corrected chi connectivity index (χ1v) is 8.36. The molecule has 1 aromatic carbocycles. The SMILES string of the molecule is Cn1ccnc1C(O)(CCNC(=O)c1ccc2nc(C(F)F)[nH]c2c1)C(F)(F)F. The van der Waals surface area contributed by atoms with Gasteiger partial charge in [0.25, 0.3) is 12.3 Å². The van der Waals surface area contributed by atoms with Crippen molar-refractivity contribution in [1.82, 2.24) is 24.8 Å². The maximum atomic E-state index is 13.4. The van der Waals surface area contributed by atoms with Crippen LogP contribution in [0.15, 0.2) is 30.6 Å². The number of aromatic nitrogens is 4. The van der Waals surface area contributed by atoms with Gasteiger partial charge in [0.2, 0.25) is 5.60 Å². The number of nitrogens with one attached hydrogen (secondary N) is 2. The smallest absolute Gasteiger partial charge is 0.374 e. The van der Waals surface area contributed by atoms with Gasteiger partial charge < -0.3 is 20.0 Å². The summed E-state index contributed by atoms with van der Waals surface area (Å²) in [6, 6.07) is 3.91. The van der Waals surface area contributed by atoms with Gasteiger partial charge in [-0.3, -0.25) is 4.79 Å². The number of aromatic amines is 1. The summed E-state index contributed by atoms with van der Waals surface area (Å²) in [5, 5.41) is 12.5. The molecule has 3 rings (SSSR count). The highest BCUT2D eigenvalue weighted by molar-refractivity contribution is 5.97. The number of benzene rings is 1. The Morgan fingerprint density at radius 2 is 2.07 bits per heavy atom. The molecular weight excluding hydrogens is 401 g/mol. The number of halogens is 5. The molecule has 1 atom stereocenters. The van der Waals surface area contributed by atoms with Crippen LogP contribution < -0.4 is 5.32 Å². The highest BCUT2D eigenvalue weighted by Crippen LogP contribution is 2.40. The van der Waals surface area contributed by atoms with Gasteiger partial charge in [-0.05, 0) is 18.2 Å². The number of fused-ring (bicyclic) bond motifs is 1. The second kappa shape index (κ2) is 7.43. The van der Waals surface area contributed by atoms with Crippen LogP contribution in [0.2, 0.25) is 0 Å². The van der Waals surface area contributed by atoms with E-state index in [1.807, 2.05) is 0 Å². The van der Waals surface area contributed by atoms with Crippen molar-refractivity contribution >= 4 is 16.9 Å². The lowest BCUT2D eigenvalue weighted by molar-refractivity contribution is -0.272. The van der Waals surface area contributed by atoms with Crippen molar-refractivity contribution in [1.29, 1.82) is 0 Å². The van der Waals surface area contributed by atoms with Gasteiger partial charge in [-0.25, -0.2) is 18.7 Å². The van der Waals surface area contributed by atoms with Crippen LogP contribution >= 0.6 is 0 Å². The van der Waals surface area contributed by atoms with Gasteiger partial charge in [0.1, 0.15) is 5.82 Å². The maximum absolute atomic E-state index is 13.4. The molecule has 0 fully saturated rings. The third-order valence-corrected chi connectivity index (χ3v) is 4.40. The van der Waals surface area contributed by atoms with Gasteiger partial charge in [-0.15, -0.1) is 0 Å². The molecule has 3 N–H and O–H groups in total. The Hall–Kier alpha value is -3.02. The molecule has 0 aliphatic rings.